The second-order valence-electron chi connectivity index (χ2n) is 4.51. The van der Waals surface area contributed by atoms with Gasteiger partial charge < -0.3 is 9.47 Å². The van der Waals surface area contributed by atoms with Crippen molar-refractivity contribution in [2.45, 2.75) is 0 Å². The molecule has 1 N–H and O–H groups in total. The summed E-state index contributed by atoms with van der Waals surface area (Å²) >= 11 is 1.41. The van der Waals surface area contributed by atoms with Crippen molar-refractivity contribution in [3.05, 3.63) is 48.0 Å². The minimum atomic E-state index is -0.225. The number of hydrogen-bond donors (Lipinski definition) is 1. The van der Waals surface area contributed by atoms with Gasteiger partial charge in [-0.1, -0.05) is 23.5 Å². The zero-order valence-corrected chi connectivity index (χ0v) is 12.9. The molecule has 0 aliphatic carbocycles. The first-order chi connectivity index (χ1) is 10.7. The van der Waals surface area contributed by atoms with Crippen molar-refractivity contribution in [1.29, 1.82) is 0 Å². The van der Waals surface area contributed by atoms with Crippen LogP contribution in [-0.4, -0.2) is 25.1 Å². The molecule has 0 saturated heterocycles. The van der Waals surface area contributed by atoms with E-state index in [1.165, 1.54) is 11.3 Å². The average molecular weight is 314 g/mol. The van der Waals surface area contributed by atoms with E-state index >= 15 is 0 Å². The van der Waals surface area contributed by atoms with Gasteiger partial charge in [0.15, 0.2) is 5.13 Å². The lowest BCUT2D eigenvalue weighted by Gasteiger charge is -2.04. The van der Waals surface area contributed by atoms with E-state index in [1.54, 1.807) is 38.5 Å². The number of hydrogen-bond acceptors (Lipinski definition) is 5. The predicted octanol–water partition coefficient (Wildman–Crippen LogP) is 3.57. The van der Waals surface area contributed by atoms with Crippen molar-refractivity contribution in [2.24, 2.45) is 0 Å². The molecule has 0 bridgehead atoms. The Morgan fingerprint density at radius 2 is 1.95 bits per heavy atom. The third-order valence-electron chi connectivity index (χ3n) is 3.15. The second-order valence-corrected chi connectivity index (χ2v) is 5.54. The van der Waals surface area contributed by atoms with Gasteiger partial charge in [0.25, 0.3) is 5.91 Å². The standard InChI is InChI=1S/C16H14N2O3S/c1-20-11-6-3-5-10(9-11)15(19)18-16-17-14-12(21-2)7-4-8-13(14)22-16/h3-9H,1-2H3,(H,17,18,19). The van der Waals surface area contributed by atoms with Crippen molar-refractivity contribution in [3.8, 4) is 11.5 Å². The van der Waals surface area contributed by atoms with Gasteiger partial charge in [-0.15, -0.1) is 0 Å². The van der Waals surface area contributed by atoms with Gasteiger partial charge in [0.2, 0.25) is 0 Å². The Hall–Kier alpha value is -2.60. The first-order valence-electron chi connectivity index (χ1n) is 6.60. The van der Waals surface area contributed by atoms with Crippen molar-refractivity contribution in [1.82, 2.24) is 4.98 Å². The molecule has 0 aliphatic rings. The molecule has 1 heterocycles. The maximum absolute atomic E-state index is 12.3. The quantitative estimate of drug-likeness (QED) is 0.800. The molecular weight excluding hydrogens is 300 g/mol. The highest BCUT2D eigenvalue weighted by atomic mass is 32.1. The van der Waals surface area contributed by atoms with Crippen LogP contribution in [0.25, 0.3) is 10.2 Å². The van der Waals surface area contributed by atoms with Crippen LogP contribution in [0.1, 0.15) is 10.4 Å². The Balaban J connectivity index is 1.87. The normalized spacial score (nSPS) is 10.5. The first-order valence-corrected chi connectivity index (χ1v) is 7.42. The fraction of sp³-hybridized carbons (Fsp3) is 0.125. The highest BCUT2D eigenvalue weighted by Crippen LogP contribution is 2.32. The van der Waals surface area contributed by atoms with Crippen LogP contribution in [0, 0.1) is 0 Å². The Morgan fingerprint density at radius 3 is 2.73 bits per heavy atom. The van der Waals surface area contributed by atoms with E-state index in [0.717, 1.165) is 10.2 Å². The molecular formula is C16H14N2O3S. The highest BCUT2D eigenvalue weighted by Gasteiger charge is 2.12. The lowest BCUT2D eigenvalue weighted by Crippen LogP contribution is -2.11. The number of amides is 1. The van der Waals surface area contributed by atoms with Gasteiger partial charge in [-0.3, -0.25) is 10.1 Å². The third kappa shape index (κ3) is 2.73. The van der Waals surface area contributed by atoms with Crippen molar-refractivity contribution in [2.75, 3.05) is 19.5 Å². The van der Waals surface area contributed by atoms with Gasteiger partial charge in [-0.25, -0.2) is 4.98 Å². The molecule has 0 atom stereocenters. The number of rotatable bonds is 4. The zero-order valence-electron chi connectivity index (χ0n) is 12.1. The van der Waals surface area contributed by atoms with E-state index in [0.29, 0.717) is 22.2 Å². The molecule has 0 radical (unpaired) electrons. The largest absolute Gasteiger partial charge is 0.497 e. The number of aromatic nitrogens is 1. The third-order valence-corrected chi connectivity index (χ3v) is 4.09. The number of anilines is 1. The molecule has 0 fully saturated rings. The maximum atomic E-state index is 12.3. The molecule has 5 nitrogen and oxygen atoms in total. The number of nitrogens with zero attached hydrogens (tertiary/aromatic N) is 1. The summed E-state index contributed by atoms with van der Waals surface area (Å²) in [6, 6.07) is 12.7. The summed E-state index contributed by atoms with van der Waals surface area (Å²) < 4.78 is 11.4. The Bertz CT molecular complexity index is 829. The number of nitrogens with one attached hydrogen (secondary N) is 1. The summed E-state index contributed by atoms with van der Waals surface area (Å²) in [5.41, 5.74) is 1.27. The summed E-state index contributed by atoms with van der Waals surface area (Å²) in [6.07, 6.45) is 0. The Morgan fingerprint density at radius 1 is 1.14 bits per heavy atom. The van der Waals surface area contributed by atoms with E-state index in [-0.39, 0.29) is 5.91 Å². The lowest BCUT2D eigenvalue weighted by atomic mass is 10.2. The molecule has 1 aromatic heterocycles. The number of carbonyl (C=O) groups is 1. The molecule has 112 valence electrons. The van der Waals surface area contributed by atoms with Crippen LogP contribution < -0.4 is 14.8 Å². The van der Waals surface area contributed by atoms with Crippen LogP contribution in [0.2, 0.25) is 0 Å². The zero-order chi connectivity index (χ0) is 15.5. The Kier molecular flexibility index (Phi) is 3.93. The number of methoxy groups -OCH3 is 2. The van der Waals surface area contributed by atoms with Crippen LogP contribution in [0.5, 0.6) is 11.5 Å². The van der Waals surface area contributed by atoms with Crippen molar-refractivity contribution in [3.63, 3.8) is 0 Å². The van der Waals surface area contributed by atoms with E-state index in [2.05, 4.69) is 10.3 Å². The molecule has 0 saturated carbocycles. The molecule has 3 rings (SSSR count). The minimum absolute atomic E-state index is 0.225. The fourth-order valence-electron chi connectivity index (χ4n) is 2.08. The summed E-state index contributed by atoms with van der Waals surface area (Å²) in [7, 11) is 3.17. The summed E-state index contributed by atoms with van der Waals surface area (Å²) in [5, 5.41) is 3.34. The van der Waals surface area contributed by atoms with Gasteiger partial charge >= 0.3 is 0 Å². The van der Waals surface area contributed by atoms with E-state index in [4.69, 9.17) is 9.47 Å². The number of carbonyl (C=O) groups excluding carboxylic acids is 1. The summed E-state index contributed by atoms with van der Waals surface area (Å²) in [5.74, 6) is 1.10. The second kappa shape index (κ2) is 6.03. The molecule has 0 spiro atoms. The molecule has 3 aromatic rings. The Labute approximate surface area is 131 Å². The molecule has 0 unspecified atom stereocenters. The van der Waals surface area contributed by atoms with E-state index in [9.17, 15) is 4.79 Å². The van der Waals surface area contributed by atoms with Crippen molar-refractivity contribution >= 4 is 32.6 Å². The van der Waals surface area contributed by atoms with Gasteiger partial charge in [-0.2, -0.15) is 0 Å². The number of thiazole rings is 1. The van der Waals surface area contributed by atoms with Gasteiger partial charge in [0, 0.05) is 5.56 Å². The predicted molar refractivity (Wildman–Crippen MR) is 87.1 cm³/mol. The van der Waals surface area contributed by atoms with E-state index < -0.39 is 0 Å². The van der Waals surface area contributed by atoms with Crippen LogP contribution in [-0.2, 0) is 0 Å². The molecule has 1 amide bonds. The fourth-order valence-corrected chi connectivity index (χ4v) is 2.95. The molecule has 22 heavy (non-hydrogen) atoms. The highest BCUT2D eigenvalue weighted by molar-refractivity contribution is 7.22. The van der Waals surface area contributed by atoms with Gasteiger partial charge in [0.1, 0.15) is 17.0 Å². The maximum Gasteiger partial charge on any atom is 0.257 e. The van der Waals surface area contributed by atoms with Gasteiger partial charge in [-0.05, 0) is 30.3 Å². The number of para-hydroxylation sites is 1. The number of benzene rings is 2. The first kappa shape index (κ1) is 14.3. The van der Waals surface area contributed by atoms with E-state index in [1.807, 2.05) is 18.2 Å². The SMILES string of the molecule is COc1cccc(C(=O)Nc2nc3c(OC)cccc3s2)c1. The molecule has 6 heteroatoms. The average Bonchev–Trinajstić information content (AvgIpc) is 2.97. The lowest BCUT2D eigenvalue weighted by molar-refractivity contribution is 0.102. The monoisotopic (exact) mass is 314 g/mol. The van der Waals surface area contributed by atoms with Crippen LogP contribution in [0.15, 0.2) is 42.5 Å². The van der Waals surface area contributed by atoms with Gasteiger partial charge in [0.05, 0.1) is 18.9 Å². The molecule has 2 aromatic carbocycles. The number of fused-ring (bicyclic) bond motifs is 1. The van der Waals surface area contributed by atoms with Crippen LogP contribution in [0.4, 0.5) is 5.13 Å². The topological polar surface area (TPSA) is 60.5 Å². The van der Waals surface area contributed by atoms with Crippen LogP contribution >= 0.6 is 11.3 Å². The smallest absolute Gasteiger partial charge is 0.257 e. The minimum Gasteiger partial charge on any atom is -0.497 e. The number of ether oxygens (including phenoxy) is 2. The summed E-state index contributed by atoms with van der Waals surface area (Å²) in [6.45, 7) is 0. The molecule has 0 aliphatic heterocycles. The van der Waals surface area contributed by atoms with Crippen LogP contribution in [0.3, 0.4) is 0 Å². The van der Waals surface area contributed by atoms with Crippen molar-refractivity contribution < 1.29 is 14.3 Å². The summed E-state index contributed by atoms with van der Waals surface area (Å²) in [4.78, 5) is 16.7.